The molecule has 11 rings (SSSR count). The first-order chi connectivity index (χ1) is 39.2. The minimum Gasteiger partial charge on any atom is -0.491 e. The van der Waals surface area contributed by atoms with E-state index in [4.69, 9.17) is 42.4 Å². The lowest BCUT2D eigenvalue weighted by Gasteiger charge is -2.41. The van der Waals surface area contributed by atoms with E-state index in [1.807, 2.05) is 177 Å². The Morgan fingerprint density at radius 1 is 0.420 bits per heavy atom. The lowest BCUT2D eigenvalue weighted by Crippen LogP contribution is -2.34. The maximum atomic E-state index is 16.2. The van der Waals surface area contributed by atoms with Crippen LogP contribution in [0.1, 0.15) is 68.0 Å². The molecule has 0 radical (unpaired) electrons. The second-order valence-corrected chi connectivity index (χ2v) is 24.9. The van der Waals surface area contributed by atoms with Gasteiger partial charge in [-0.1, -0.05) is 137 Å². The number of benzene rings is 8. The lowest BCUT2D eigenvalue weighted by molar-refractivity contribution is 0.0626. The maximum Gasteiger partial charge on any atom is 0.292 e. The van der Waals surface area contributed by atoms with Gasteiger partial charge in [0.1, 0.15) is 109 Å². The molecule has 0 amide bonds. The molecule has 0 spiro atoms. The molecular formula is C68H69O12P. The zero-order chi connectivity index (χ0) is 56.2. The average molecular weight is 1110 g/mol. The highest BCUT2D eigenvalue weighted by Crippen LogP contribution is 2.69. The summed E-state index contributed by atoms with van der Waals surface area (Å²) in [6.07, 6.45) is -1.43. The van der Waals surface area contributed by atoms with Crippen molar-refractivity contribution in [3.8, 4) is 51.4 Å². The number of epoxide rings is 2. The van der Waals surface area contributed by atoms with Crippen molar-refractivity contribution in [2.24, 2.45) is 0 Å². The molecule has 2 N–H and O–H groups in total. The molecule has 13 heteroatoms. The van der Waals surface area contributed by atoms with Gasteiger partial charge in [-0.15, -0.1) is 0 Å². The number of rotatable bonds is 25. The summed E-state index contributed by atoms with van der Waals surface area (Å²) in [5, 5.41) is 21.4. The van der Waals surface area contributed by atoms with Gasteiger partial charge in [-0.3, -0.25) is 4.57 Å². The van der Waals surface area contributed by atoms with Crippen LogP contribution in [0.2, 0.25) is 0 Å². The Hall–Kier alpha value is -7.57. The van der Waals surface area contributed by atoms with Gasteiger partial charge in [-0.2, -0.15) is 0 Å². The van der Waals surface area contributed by atoms with Gasteiger partial charge in [-0.05, 0) is 131 Å². The van der Waals surface area contributed by atoms with Crippen LogP contribution in [0.25, 0.3) is 11.1 Å². The van der Waals surface area contributed by atoms with Gasteiger partial charge in [-0.25, -0.2) is 0 Å². The molecule has 3 heterocycles. The average Bonchev–Trinajstić information content (AvgIpc) is 4.27. The molecule has 12 nitrogen and oxygen atoms in total. The first kappa shape index (κ1) is 55.3. The number of ether oxygens (including phenoxy) is 8. The highest BCUT2D eigenvalue weighted by molar-refractivity contribution is 7.69. The topological polar surface area (TPSA) is 147 Å². The van der Waals surface area contributed by atoms with Crippen LogP contribution in [0, 0.1) is 0 Å². The van der Waals surface area contributed by atoms with Gasteiger partial charge >= 0.3 is 0 Å². The largest absolute Gasteiger partial charge is 0.491 e. The van der Waals surface area contributed by atoms with Crippen molar-refractivity contribution in [1.82, 2.24) is 0 Å². The molecular weight excluding hydrogens is 1040 g/mol. The van der Waals surface area contributed by atoms with E-state index >= 15 is 4.57 Å². The molecule has 2 saturated heterocycles. The second kappa shape index (κ2) is 23.5. The standard InChI is InChI=1S/C68H69O12P/c1-66(2,48-18-30-58(31-19-48)76-42-60-44-78-60)46-14-26-54(27-15-46)72-38-52(69)40-74-56-34-22-50(23-35-56)68(5,81(71)65-13-9-7-11-63(65)62-10-6-8-12-64(62)80-81)51-24-36-57(37-25-51)75-41-53(70)39-73-55-28-16-47(17-29-55)67(3,4)49-20-32-59(33-21-49)77-43-61-45-79-61/h6-37,52-53,60-61,69-70H,38-45H2,1-5H3. The molecule has 3 aliphatic rings. The Morgan fingerprint density at radius 2 is 0.716 bits per heavy atom. The fraction of sp³-hybridized carbons (Fsp3) is 0.294. The summed E-state index contributed by atoms with van der Waals surface area (Å²) in [6.45, 7) is 13.4. The van der Waals surface area contributed by atoms with E-state index in [1.165, 1.54) is 0 Å². The van der Waals surface area contributed by atoms with Crippen LogP contribution in [-0.4, -0.2) is 87.5 Å². The molecule has 81 heavy (non-hydrogen) atoms. The molecule has 0 aliphatic carbocycles. The van der Waals surface area contributed by atoms with Crippen LogP contribution in [0.5, 0.6) is 40.2 Å². The summed E-state index contributed by atoms with van der Waals surface area (Å²) >= 11 is 0. The van der Waals surface area contributed by atoms with Crippen molar-refractivity contribution >= 4 is 12.7 Å². The fourth-order valence-electron chi connectivity index (χ4n) is 10.3. The van der Waals surface area contributed by atoms with Crippen molar-refractivity contribution in [3.63, 3.8) is 0 Å². The van der Waals surface area contributed by atoms with Crippen LogP contribution in [0.3, 0.4) is 0 Å². The van der Waals surface area contributed by atoms with Crippen molar-refractivity contribution < 1.29 is 57.2 Å². The normalized spacial score (nSPS) is 18.6. The Kier molecular flexibility index (Phi) is 16.0. The predicted molar refractivity (Wildman–Crippen MR) is 314 cm³/mol. The quantitative estimate of drug-likeness (QED) is 0.0415. The zero-order valence-corrected chi connectivity index (χ0v) is 47.3. The Morgan fingerprint density at radius 3 is 1.06 bits per heavy atom. The SMILES string of the molecule is CC(C)(c1ccc(OCC(O)COc2ccc(C(C)(c3ccc(OCC(O)COc4ccc(C(C)(C)c5ccc(OCC6CO6)cc5)cc4)cc3)P3(=O)Oc4ccccc4-c4ccccc43)cc2)cc1)c1ccc(OCC2CO2)cc1. The molecule has 5 unspecified atom stereocenters. The maximum absolute atomic E-state index is 16.2. The first-order valence-electron chi connectivity index (χ1n) is 27.6. The Balaban J connectivity index is 0.721. The number of fused-ring (bicyclic) bond motifs is 3. The predicted octanol–water partition coefficient (Wildman–Crippen LogP) is 12.5. The molecule has 418 valence electrons. The third-order valence-electron chi connectivity index (χ3n) is 15.8. The summed E-state index contributed by atoms with van der Waals surface area (Å²) in [4.78, 5) is 0. The minimum absolute atomic E-state index is 0.0146. The van der Waals surface area contributed by atoms with Gasteiger partial charge in [0.15, 0.2) is 0 Å². The number of aliphatic hydroxyl groups is 2. The van der Waals surface area contributed by atoms with E-state index in [0.29, 0.717) is 47.3 Å². The molecule has 8 aromatic rings. The highest BCUT2D eigenvalue weighted by Gasteiger charge is 2.53. The number of para-hydroxylation sites is 1. The first-order valence-corrected chi connectivity index (χ1v) is 29.3. The number of hydrogen-bond donors (Lipinski definition) is 2. The fourth-order valence-corrected chi connectivity index (χ4v) is 13.3. The molecule has 2 fully saturated rings. The van der Waals surface area contributed by atoms with E-state index in [1.54, 1.807) is 0 Å². The van der Waals surface area contributed by atoms with Crippen LogP contribution >= 0.6 is 7.37 Å². The van der Waals surface area contributed by atoms with Crippen LogP contribution in [0.4, 0.5) is 0 Å². The Bertz CT molecular complexity index is 3260. The summed E-state index contributed by atoms with van der Waals surface area (Å²) in [6, 6.07) is 62.5. The zero-order valence-electron chi connectivity index (χ0n) is 46.4. The van der Waals surface area contributed by atoms with Crippen molar-refractivity contribution in [2.45, 2.75) is 75.0 Å². The molecule has 0 aromatic heterocycles. The van der Waals surface area contributed by atoms with E-state index in [0.717, 1.165) is 69.2 Å². The smallest absolute Gasteiger partial charge is 0.292 e. The van der Waals surface area contributed by atoms with E-state index in [9.17, 15) is 10.2 Å². The highest BCUT2D eigenvalue weighted by atomic mass is 31.2. The van der Waals surface area contributed by atoms with Crippen molar-refractivity contribution in [1.29, 1.82) is 0 Å². The van der Waals surface area contributed by atoms with Gasteiger partial charge in [0.2, 0.25) is 0 Å². The van der Waals surface area contributed by atoms with Gasteiger partial charge < -0.3 is 52.6 Å². The molecule has 8 aromatic carbocycles. The van der Waals surface area contributed by atoms with E-state index < -0.39 is 24.7 Å². The number of hydrogen-bond acceptors (Lipinski definition) is 12. The van der Waals surface area contributed by atoms with Crippen molar-refractivity contribution in [3.05, 3.63) is 228 Å². The van der Waals surface area contributed by atoms with Gasteiger partial charge in [0.05, 0.1) is 18.5 Å². The summed E-state index contributed by atoms with van der Waals surface area (Å²) in [7, 11) is -3.85. The van der Waals surface area contributed by atoms with E-state index in [2.05, 4.69) is 52.0 Å². The van der Waals surface area contributed by atoms with Crippen molar-refractivity contribution in [2.75, 3.05) is 52.9 Å². The molecule has 3 aliphatic heterocycles. The third-order valence-corrected chi connectivity index (χ3v) is 19.0. The summed E-state index contributed by atoms with van der Waals surface area (Å²) in [5.74, 6) is 4.50. The monoisotopic (exact) mass is 1110 g/mol. The molecule has 0 saturated carbocycles. The summed E-state index contributed by atoms with van der Waals surface area (Å²) < 4.78 is 69.4. The minimum atomic E-state index is -3.85. The summed E-state index contributed by atoms with van der Waals surface area (Å²) in [5.41, 5.74) is 7.20. The Labute approximate surface area is 474 Å². The lowest BCUT2D eigenvalue weighted by atomic mass is 9.78. The van der Waals surface area contributed by atoms with Crippen LogP contribution < -0.4 is 38.2 Å². The van der Waals surface area contributed by atoms with E-state index in [-0.39, 0.29) is 49.5 Å². The second-order valence-electron chi connectivity index (χ2n) is 22.2. The van der Waals surface area contributed by atoms with Gasteiger partial charge in [0, 0.05) is 16.4 Å². The van der Waals surface area contributed by atoms with Crippen LogP contribution in [-0.2, 0) is 30.0 Å². The van der Waals surface area contributed by atoms with Crippen LogP contribution in [0.15, 0.2) is 194 Å². The van der Waals surface area contributed by atoms with Gasteiger partial charge in [0.25, 0.3) is 7.37 Å². The molecule has 5 atom stereocenters. The third kappa shape index (κ3) is 12.4. The number of aliphatic hydroxyl groups excluding tert-OH is 2. The molecule has 0 bridgehead atoms.